The Labute approximate surface area is 153 Å². The Morgan fingerprint density at radius 2 is 2.24 bits per heavy atom. The zero-order chi connectivity index (χ0) is 17.6. The molecule has 8 heteroatoms. The highest BCUT2D eigenvalue weighted by molar-refractivity contribution is 9.10. The Balaban J connectivity index is 1.67. The number of aromatic nitrogens is 4. The maximum atomic E-state index is 12.4. The van der Waals surface area contributed by atoms with Gasteiger partial charge in [-0.2, -0.15) is 0 Å². The second-order valence-electron chi connectivity index (χ2n) is 5.29. The lowest BCUT2D eigenvalue weighted by Crippen LogP contribution is -2.23. The first-order chi connectivity index (χ1) is 12.2. The van der Waals surface area contributed by atoms with Crippen molar-refractivity contribution in [2.75, 3.05) is 12.4 Å². The fraction of sp³-hybridized carbons (Fsp3) is 0.176. The normalized spacial score (nSPS) is 11.9. The molecule has 0 aliphatic heterocycles. The molecule has 7 nitrogen and oxygen atoms in total. The van der Waals surface area contributed by atoms with Crippen molar-refractivity contribution in [1.82, 2.24) is 19.7 Å². The quantitative estimate of drug-likeness (QED) is 0.686. The van der Waals surface area contributed by atoms with Crippen LogP contribution in [-0.4, -0.2) is 32.8 Å². The molecule has 2 aromatic heterocycles. The topological polar surface area (TPSA) is 81.9 Å². The predicted octanol–water partition coefficient (Wildman–Crippen LogP) is 2.81. The number of amides is 1. The van der Waals surface area contributed by atoms with Crippen LogP contribution in [0.1, 0.15) is 17.2 Å². The Bertz CT molecular complexity index is 853. The molecule has 3 aromatic rings. The van der Waals surface area contributed by atoms with Crippen molar-refractivity contribution in [3.63, 3.8) is 0 Å². The number of carbonyl (C=O) groups excluding carboxylic acids is 1. The van der Waals surface area contributed by atoms with Crippen molar-refractivity contribution in [2.24, 2.45) is 0 Å². The van der Waals surface area contributed by atoms with Gasteiger partial charge >= 0.3 is 0 Å². The number of nitrogens with zero attached hydrogens (tertiary/aromatic N) is 4. The third kappa shape index (κ3) is 4.49. The molecule has 25 heavy (non-hydrogen) atoms. The van der Waals surface area contributed by atoms with Crippen LogP contribution in [0.25, 0.3) is 0 Å². The van der Waals surface area contributed by atoms with E-state index in [4.69, 9.17) is 4.74 Å². The van der Waals surface area contributed by atoms with Crippen LogP contribution in [-0.2, 0) is 16.1 Å². The Kier molecular flexibility index (Phi) is 5.52. The SMILES string of the molecule is COC(C(=O)Nc1ncn(Cc2cccc(Br)c2)n1)c1cccnc1. The Morgan fingerprint density at radius 3 is 2.96 bits per heavy atom. The van der Waals surface area contributed by atoms with E-state index in [1.807, 2.05) is 24.3 Å². The maximum absolute atomic E-state index is 12.4. The van der Waals surface area contributed by atoms with Crippen LogP contribution in [0.3, 0.4) is 0 Å². The maximum Gasteiger partial charge on any atom is 0.260 e. The van der Waals surface area contributed by atoms with Crippen molar-refractivity contribution in [2.45, 2.75) is 12.6 Å². The zero-order valence-electron chi connectivity index (χ0n) is 13.5. The van der Waals surface area contributed by atoms with Crippen molar-refractivity contribution in [3.05, 3.63) is 70.7 Å². The minimum Gasteiger partial charge on any atom is -0.367 e. The second-order valence-corrected chi connectivity index (χ2v) is 6.20. The summed E-state index contributed by atoms with van der Waals surface area (Å²) in [6.07, 6.45) is 4.03. The fourth-order valence-electron chi connectivity index (χ4n) is 2.35. The molecular weight excluding hydrogens is 386 g/mol. The summed E-state index contributed by atoms with van der Waals surface area (Å²) in [5, 5.41) is 6.94. The lowest BCUT2D eigenvalue weighted by molar-refractivity contribution is -0.126. The molecule has 3 rings (SSSR count). The Morgan fingerprint density at radius 1 is 1.36 bits per heavy atom. The summed E-state index contributed by atoms with van der Waals surface area (Å²) < 4.78 is 7.92. The highest BCUT2D eigenvalue weighted by atomic mass is 79.9. The molecule has 0 aliphatic carbocycles. The van der Waals surface area contributed by atoms with E-state index < -0.39 is 6.10 Å². The molecule has 0 radical (unpaired) electrons. The van der Waals surface area contributed by atoms with Gasteiger partial charge in [0.1, 0.15) is 6.33 Å². The van der Waals surface area contributed by atoms with Gasteiger partial charge in [-0.15, -0.1) is 5.10 Å². The average Bonchev–Trinajstić information content (AvgIpc) is 3.03. The van der Waals surface area contributed by atoms with Gasteiger partial charge in [0.2, 0.25) is 5.95 Å². The van der Waals surface area contributed by atoms with Gasteiger partial charge in [-0.3, -0.25) is 15.1 Å². The highest BCUT2D eigenvalue weighted by Crippen LogP contribution is 2.17. The largest absolute Gasteiger partial charge is 0.367 e. The van der Waals surface area contributed by atoms with Crippen LogP contribution < -0.4 is 5.32 Å². The number of nitrogens with one attached hydrogen (secondary N) is 1. The number of hydrogen-bond acceptors (Lipinski definition) is 5. The molecule has 0 saturated carbocycles. The second kappa shape index (κ2) is 8.00. The van der Waals surface area contributed by atoms with Crippen LogP contribution >= 0.6 is 15.9 Å². The minimum absolute atomic E-state index is 0.228. The molecule has 0 bridgehead atoms. The van der Waals surface area contributed by atoms with Crippen LogP contribution in [0.4, 0.5) is 5.95 Å². The van der Waals surface area contributed by atoms with Gasteiger partial charge in [-0.25, -0.2) is 9.67 Å². The summed E-state index contributed by atoms with van der Waals surface area (Å²) in [7, 11) is 1.47. The van der Waals surface area contributed by atoms with E-state index in [-0.39, 0.29) is 11.9 Å². The van der Waals surface area contributed by atoms with Crippen molar-refractivity contribution in [1.29, 1.82) is 0 Å². The first-order valence-corrected chi connectivity index (χ1v) is 8.32. The summed E-state index contributed by atoms with van der Waals surface area (Å²) >= 11 is 3.44. The van der Waals surface area contributed by atoms with Crippen LogP contribution in [0.5, 0.6) is 0 Å². The number of benzene rings is 1. The van der Waals surface area contributed by atoms with Gasteiger partial charge in [0.15, 0.2) is 6.10 Å². The molecule has 1 amide bonds. The van der Waals surface area contributed by atoms with E-state index in [0.717, 1.165) is 10.0 Å². The number of methoxy groups -OCH3 is 1. The van der Waals surface area contributed by atoms with Crippen LogP contribution in [0.15, 0.2) is 59.6 Å². The average molecular weight is 402 g/mol. The number of hydrogen-bond donors (Lipinski definition) is 1. The molecule has 0 fully saturated rings. The van der Waals surface area contributed by atoms with Gasteiger partial charge in [0.25, 0.3) is 5.91 Å². The van der Waals surface area contributed by atoms with E-state index >= 15 is 0 Å². The number of rotatable bonds is 6. The van der Waals surface area contributed by atoms with Crippen molar-refractivity contribution in [3.8, 4) is 0 Å². The molecule has 0 spiro atoms. The third-order valence-electron chi connectivity index (χ3n) is 3.47. The zero-order valence-corrected chi connectivity index (χ0v) is 15.0. The summed E-state index contributed by atoms with van der Waals surface area (Å²) in [6, 6.07) is 11.4. The van der Waals surface area contributed by atoms with E-state index in [9.17, 15) is 4.79 Å². The lowest BCUT2D eigenvalue weighted by Gasteiger charge is -2.13. The number of halogens is 1. The molecule has 1 aromatic carbocycles. The minimum atomic E-state index is -0.772. The summed E-state index contributed by atoms with van der Waals surface area (Å²) in [5.74, 6) is -0.123. The smallest absolute Gasteiger partial charge is 0.260 e. The number of carbonyl (C=O) groups is 1. The molecule has 0 aliphatic rings. The van der Waals surface area contributed by atoms with E-state index in [0.29, 0.717) is 12.1 Å². The first kappa shape index (κ1) is 17.2. The van der Waals surface area contributed by atoms with E-state index in [1.54, 1.807) is 35.5 Å². The molecule has 2 heterocycles. The highest BCUT2D eigenvalue weighted by Gasteiger charge is 2.21. The summed E-state index contributed by atoms with van der Waals surface area (Å²) in [6.45, 7) is 0.554. The summed E-state index contributed by atoms with van der Waals surface area (Å²) in [5.41, 5.74) is 1.73. The number of anilines is 1. The number of pyridine rings is 1. The predicted molar refractivity (Wildman–Crippen MR) is 95.9 cm³/mol. The van der Waals surface area contributed by atoms with E-state index in [2.05, 4.69) is 36.3 Å². The molecule has 1 atom stereocenters. The molecular formula is C17H16BrN5O2. The fourth-order valence-corrected chi connectivity index (χ4v) is 2.80. The lowest BCUT2D eigenvalue weighted by atomic mass is 10.1. The standard InChI is InChI=1S/C17H16BrN5O2/c1-25-15(13-5-3-7-19-9-13)16(24)21-17-20-11-23(22-17)10-12-4-2-6-14(18)8-12/h2-9,11,15H,10H2,1H3,(H,21,22,24). The van der Waals surface area contributed by atoms with Crippen LogP contribution in [0, 0.1) is 0 Å². The molecule has 128 valence electrons. The first-order valence-electron chi connectivity index (χ1n) is 7.53. The number of ether oxygens (including phenoxy) is 1. The van der Waals surface area contributed by atoms with Gasteiger partial charge in [0.05, 0.1) is 6.54 Å². The molecule has 1 unspecified atom stereocenters. The monoisotopic (exact) mass is 401 g/mol. The van der Waals surface area contributed by atoms with Gasteiger partial charge in [0, 0.05) is 29.5 Å². The van der Waals surface area contributed by atoms with Gasteiger partial charge in [-0.05, 0) is 23.8 Å². The summed E-state index contributed by atoms with van der Waals surface area (Å²) in [4.78, 5) is 20.5. The Hall–Kier alpha value is -2.58. The van der Waals surface area contributed by atoms with Crippen molar-refractivity contribution >= 4 is 27.8 Å². The van der Waals surface area contributed by atoms with Gasteiger partial charge in [-0.1, -0.05) is 34.1 Å². The molecule has 0 saturated heterocycles. The van der Waals surface area contributed by atoms with Gasteiger partial charge < -0.3 is 4.74 Å². The van der Waals surface area contributed by atoms with Crippen molar-refractivity contribution < 1.29 is 9.53 Å². The molecule has 1 N–H and O–H groups in total. The van der Waals surface area contributed by atoms with Crippen LogP contribution in [0.2, 0.25) is 0 Å². The third-order valence-corrected chi connectivity index (χ3v) is 3.96. The van der Waals surface area contributed by atoms with E-state index in [1.165, 1.54) is 7.11 Å².